The molecule has 1 aliphatic carbocycles. The molecule has 4 heteroatoms. The van der Waals surface area contributed by atoms with Gasteiger partial charge in [0.15, 0.2) is 0 Å². The first-order chi connectivity index (χ1) is 10.5. The molecule has 0 fully saturated rings. The number of benzene rings is 1. The van der Waals surface area contributed by atoms with Crippen LogP contribution in [0.2, 0.25) is 0 Å². The molecule has 1 radical (unpaired) electrons. The SMILES string of the molecule is CC(C)c1cccc(C(C)C)c1O.CC1=[C-]C(C)(C)C(C)=C1C.[Cl-].[Cl-].[Zr+3]. The van der Waals surface area contributed by atoms with Crippen LogP contribution in [0.4, 0.5) is 0 Å². The molecular formula is C22H33Cl2OZr. The van der Waals surface area contributed by atoms with Crippen molar-refractivity contribution in [2.45, 2.75) is 74.1 Å². The smallest absolute Gasteiger partial charge is 1.00 e. The summed E-state index contributed by atoms with van der Waals surface area (Å²) in [6.07, 6.45) is 3.44. The third kappa shape index (κ3) is 7.53. The summed E-state index contributed by atoms with van der Waals surface area (Å²) in [7, 11) is 0. The number of hydrogen-bond acceptors (Lipinski definition) is 1. The Morgan fingerprint density at radius 2 is 1.27 bits per heavy atom. The number of halogens is 2. The van der Waals surface area contributed by atoms with Crippen molar-refractivity contribution in [2.75, 3.05) is 0 Å². The van der Waals surface area contributed by atoms with E-state index in [0.717, 1.165) is 11.1 Å². The van der Waals surface area contributed by atoms with Gasteiger partial charge in [0.25, 0.3) is 0 Å². The van der Waals surface area contributed by atoms with Crippen LogP contribution in [0.3, 0.4) is 0 Å². The Kier molecular flexibility index (Phi) is 14.7. The van der Waals surface area contributed by atoms with Crippen LogP contribution in [0.15, 0.2) is 34.9 Å². The van der Waals surface area contributed by atoms with Crippen molar-refractivity contribution < 1.29 is 56.1 Å². The van der Waals surface area contributed by atoms with E-state index >= 15 is 0 Å². The van der Waals surface area contributed by atoms with Crippen molar-refractivity contribution in [1.29, 1.82) is 0 Å². The van der Waals surface area contributed by atoms with Gasteiger partial charge in [-0.3, -0.25) is 6.08 Å². The van der Waals surface area contributed by atoms with E-state index in [2.05, 4.69) is 68.4 Å². The Morgan fingerprint density at radius 1 is 0.885 bits per heavy atom. The molecule has 0 saturated carbocycles. The fraction of sp³-hybridized carbons (Fsp3) is 0.545. The van der Waals surface area contributed by atoms with Gasteiger partial charge < -0.3 is 29.9 Å². The molecule has 0 spiro atoms. The van der Waals surface area contributed by atoms with Crippen molar-refractivity contribution in [1.82, 2.24) is 0 Å². The molecule has 145 valence electrons. The van der Waals surface area contributed by atoms with Crippen LogP contribution in [-0.2, 0) is 26.2 Å². The fourth-order valence-electron chi connectivity index (χ4n) is 2.92. The normalized spacial score (nSPS) is 14.7. The second-order valence-corrected chi connectivity index (χ2v) is 7.72. The third-order valence-electron chi connectivity index (χ3n) is 4.90. The number of rotatable bonds is 2. The number of phenolic OH excluding ortho intramolecular Hbond substituents is 1. The van der Waals surface area contributed by atoms with Gasteiger partial charge >= 0.3 is 26.2 Å². The Balaban J connectivity index is -0.000000374. The summed E-state index contributed by atoms with van der Waals surface area (Å²) < 4.78 is 0. The molecular weight excluding hydrogens is 442 g/mol. The van der Waals surface area contributed by atoms with Gasteiger partial charge in [-0.05, 0) is 23.0 Å². The van der Waals surface area contributed by atoms with E-state index in [1.807, 2.05) is 18.2 Å². The summed E-state index contributed by atoms with van der Waals surface area (Å²) in [5.41, 5.74) is 6.49. The summed E-state index contributed by atoms with van der Waals surface area (Å²) in [6, 6.07) is 6.00. The summed E-state index contributed by atoms with van der Waals surface area (Å²) in [4.78, 5) is 0. The molecule has 0 bridgehead atoms. The monoisotopic (exact) mass is 473 g/mol. The topological polar surface area (TPSA) is 20.2 Å². The number of allylic oxidation sites excluding steroid dienone is 4. The third-order valence-corrected chi connectivity index (χ3v) is 4.90. The Bertz CT molecular complexity index is 603. The van der Waals surface area contributed by atoms with E-state index in [1.165, 1.54) is 16.7 Å². The van der Waals surface area contributed by atoms with Gasteiger partial charge in [-0.15, -0.1) is 6.92 Å². The first-order valence-electron chi connectivity index (χ1n) is 8.60. The minimum atomic E-state index is 0. The van der Waals surface area contributed by atoms with Gasteiger partial charge in [0.1, 0.15) is 5.75 Å². The van der Waals surface area contributed by atoms with E-state index in [4.69, 9.17) is 0 Å². The summed E-state index contributed by atoms with van der Waals surface area (Å²) in [6.45, 7) is 19.3. The first kappa shape index (κ1) is 30.7. The van der Waals surface area contributed by atoms with Gasteiger partial charge in [0, 0.05) is 0 Å². The summed E-state index contributed by atoms with van der Waals surface area (Å²) in [5.74, 6) is 1.25. The standard InChI is InChI=1S/C12H18O.C10H15.2ClH.Zr/c1-8(2)10-6-5-7-11(9(3)4)12(10)13;1-7-6-10(4,5)9(3)8(7)2;;;/h5-9,13H,1-4H3;1-5H3;2*1H;/q;-1;;;+3/p-2. The first-order valence-corrected chi connectivity index (χ1v) is 8.60. The average Bonchev–Trinajstić information content (AvgIpc) is 2.61. The van der Waals surface area contributed by atoms with Crippen molar-refractivity contribution in [3.8, 4) is 5.75 Å². The van der Waals surface area contributed by atoms with Gasteiger partial charge in [0.05, 0.1) is 0 Å². The molecule has 1 aromatic rings. The number of phenols is 1. The van der Waals surface area contributed by atoms with Crippen molar-refractivity contribution in [3.63, 3.8) is 0 Å². The van der Waals surface area contributed by atoms with Crippen molar-refractivity contribution in [2.24, 2.45) is 5.41 Å². The van der Waals surface area contributed by atoms with Gasteiger partial charge in [-0.1, -0.05) is 79.0 Å². The molecule has 1 nitrogen and oxygen atoms in total. The maximum atomic E-state index is 9.93. The molecule has 0 aliphatic heterocycles. The Labute approximate surface area is 192 Å². The van der Waals surface area contributed by atoms with Crippen molar-refractivity contribution >= 4 is 0 Å². The molecule has 0 amide bonds. The fourth-order valence-corrected chi connectivity index (χ4v) is 2.92. The summed E-state index contributed by atoms with van der Waals surface area (Å²) in [5, 5.41) is 9.93. The zero-order valence-electron chi connectivity index (χ0n) is 17.6. The molecule has 0 saturated heterocycles. The maximum absolute atomic E-state index is 9.93. The molecule has 1 N–H and O–H groups in total. The van der Waals surface area contributed by atoms with Crippen LogP contribution in [0.25, 0.3) is 0 Å². The quantitative estimate of drug-likeness (QED) is 0.627. The van der Waals surface area contributed by atoms with E-state index in [1.54, 1.807) is 0 Å². The van der Waals surface area contributed by atoms with Crippen LogP contribution < -0.4 is 24.8 Å². The largest absolute Gasteiger partial charge is 3.00 e. The maximum Gasteiger partial charge on any atom is 3.00 e. The van der Waals surface area contributed by atoms with Crippen LogP contribution in [-0.4, -0.2) is 5.11 Å². The molecule has 26 heavy (non-hydrogen) atoms. The molecule has 0 unspecified atom stereocenters. The van der Waals surface area contributed by atoms with E-state index in [-0.39, 0.29) is 56.4 Å². The zero-order valence-corrected chi connectivity index (χ0v) is 21.6. The molecule has 0 heterocycles. The van der Waals surface area contributed by atoms with Gasteiger partial charge in [-0.25, -0.2) is 5.57 Å². The minimum absolute atomic E-state index is 0. The second kappa shape index (κ2) is 12.4. The van der Waals surface area contributed by atoms with Gasteiger partial charge in [0.2, 0.25) is 0 Å². The van der Waals surface area contributed by atoms with Crippen LogP contribution >= 0.6 is 0 Å². The molecule has 1 aromatic carbocycles. The van der Waals surface area contributed by atoms with E-state index < -0.39 is 0 Å². The van der Waals surface area contributed by atoms with E-state index in [9.17, 15) is 5.11 Å². The molecule has 2 rings (SSSR count). The second-order valence-electron chi connectivity index (χ2n) is 7.72. The van der Waals surface area contributed by atoms with Crippen LogP contribution in [0.1, 0.15) is 85.3 Å². The van der Waals surface area contributed by atoms with E-state index in [0.29, 0.717) is 17.6 Å². The Hall–Kier alpha value is -0.0369. The predicted molar refractivity (Wildman–Crippen MR) is 101 cm³/mol. The summed E-state index contributed by atoms with van der Waals surface area (Å²) >= 11 is 0. The zero-order chi connectivity index (χ0) is 17.9. The van der Waals surface area contributed by atoms with Gasteiger partial charge in [-0.2, -0.15) is 11.1 Å². The average molecular weight is 476 g/mol. The van der Waals surface area contributed by atoms with Crippen LogP contribution in [0, 0.1) is 11.5 Å². The van der Waals surface area contributed by atoms with Crippen molar-refractivity contribution in [3.05, 3.63) is 52.1 Å². The molecule has 1 aliphatic rings. The minimum Gasteiger partial charge on any atom is -1.00 e. The Morgan fingerprint density at radius 3 is 1.46 bits per heavy atom. The predicted octanol–water partition coefficient (Wildman–Crippen LogP) is 0.757. The number of aromatic hydroxyl groups is 1. The van der Waals surface area contributed by atoms with Crippen LogP contribution in [0.5, 0.6) is 5.75 Å². The number of para-hydroxylation sites is 1. The number of hydrogen-bond donors (Lipinski definition) is 1. The molecule has 0 atom stereocenters. The molecule has 0 aromatic heterocycles.